The number of carbonyl (C=O) groups is 2. The van der Waals surface area contributed by atoms with Crippen molar-refractivity contribution in [1.82, 2.24) is 15.6 Å². The molecule has 0 saturated carbocycles. The van der Waals surface area contributed by atoms with Gasteiger partial charge in [-0.3, -0.25) is 14.6 Å². The number of aryl methyl sites for hydroxylation is 1. The molecule has 2 rings (SSSR count). The minimum Gasteiger partial charge on any atom is -0.354 e. The van der Waals surface area contributed by atoms with Crippen LogP contribution >= 0.6 is 0 Å². The minimum absolute atomic E-state index is 0.0298. The third kappa shape index (κ3) is 5.36. The van der Waals surface area contributed by atoms with Gasteiger partial charge in [-0.25, -0.2) is 0 Å². The molecule has 5 heteroatoms. The molecule has 5 nitrogen and oxygen atoms in total. The molecule has 22 heavy (non-hydrogen) atoms. The van der Waals surface area contributed by atoms with E-state index in [0.717, 1.165) is 5.56 Å². The molecule has 2 amide bonds. The number of hydrogen-bond donors (Lipinski definition) is 2. The van der Waals surface area contributed by atoms with Crippen molar-refractivity contribution in [2.45, 2.75) is 12.8 Å². The zero-order valence-corrected chi connectivity index (χ0v) is 12.3. The van der Waals surface area contributed by atoms with Gasteiger partial charge in [0, 0.05) is 37.5 Å². The van der Waals surface area contributed by atoms with E-state index >= 15 is 0 Å². The Morgan fingerprint density at radius 3 is 2.45 bits per heavy atom. The number of nitrogens with zero attached hydrogens (tertiary/aromatic N) is 1. The lowest BCUT2D eigenvalue weighted by Gasteiger charge is -2.07. The summed E-state index contributed by atoms with van der Waals surface area (Å²) in [5.74, 6) is -0.164. The number of pyridine rings is 1. The average molecular weight is 297 g/mol. The highest BCUT2D eigenvalue weighted by Crippen LogP contribution is 2.00. The number of carbonyl (C=O) groups excluding carboxylic acids is 2. The molecule has 0 spiro atoms. The summed E-state index contributed by atoms with van der Waals surface area (Å²) in [6.45, 7) is 0.830. The summed E-state index contributed by atoms with van der Waals surface area (Å²) in [4.78, 5) is 27.5. The summed E-state index contributed by atoms with van der Waals surface area (Å²) in [7, 11) is 0. The maximum absolute atomic E-state index is 11.8. The van der Waals surface area contributed by atoms with E-state index in [9.17, 15) is 9.59 Å². The number of hydrogen-bond acceptors (Lipinski definition) is 3. The van der Waals surface area contributed by atoms with Crippen LogP contribution in [0.5, 0.6) is 0 Å². The first-order chi connectivity index (χ1) is 10.8. The van der Waals surface area contributed by atoms with Gasteiger partial charge in [-0.05, 0) is 30.2 Å². The summed E-state index contributed by atoms with van der Waals surface area (Å²) in [5, 5.41) is 5.55. The molecule has 0 aliphatic rings. The van der Waals surface area contributed by atoms with Gasteiger partial charge in [0.25, 0.3) is 5.91 Å². The summed E-state index contributed by atoms with van der Waals surface area (Å²) in [6.07, 6.45) is 4.54. The number of amides is 2. The maximum Gasteiger partial charge on any atom is 0.251 e. The molecular formula is C17H19N3O2. The van der Waals surface area contributed by atoms with Crippen molar-refractivity contribution in [3.05, 3.63) is 66.0 Å². The molecule has 1 heterocycles. The zero-order valence-electron chi connectivity index (χ0n) is 12.3. The van der Waals surface area contributed by atoms with Crippen molar-refractivity contribution in [1.29, 1.82) is 0 Å². The van der Waals surface area contributed by atoms with Crippen LogP contribution in [-0.4, -0.2) is 29.9 Å². The molecule has 0 bridgehead atoms. The second-order valence-corrected chi connectivity index (χ2v) is 4.83. The van der Waals surface area contributed by atoms with Crippen molar-refractivity contribution < 1.29 is 9.59 Å². The smallest absolute Gasteiger partial charge is 0.251 e. The van der Waals surface area contributed by atoms with Crippen LogP contribution in [0, 0.1) is 0 Å². The van der Waals surface area contributed by atoms with Crippen LogP contribution in [0.4, 0.5) is 0 Å². The fraction of sp³-hybridized carbons (Fsp3) is 0.235. The van der Waals surface area contributed by atoms with Crippen molar-refractivity contribution >= 4 is 11.8 Å². The van der Waals surface area contributed by atoms with Gasteiger partial charge in [-0.15, -0.1) is 0 Å². The van der Waals surface area contributed by atoms with Gasteiger partial charge in [0.15, 0.2) is 0 Å². The second kappa shape index (κ2) is 8.56. The first-order valence-corrected chi connectivity index (χ1v) is 7.24. The Kier molecular flexibility index (Phi) is 6.11. The average Bonchev–Trinajstić information content (AvgIpc) is 2.58. The Labute approximate surface area is 129 Å². The van der Waals surface area contributed by atoms with Crippen LogP contribution < -0.4 is 10.6 Å². The van der Waals surface area contributed by atoms with Crippen molar-refractivity contribution in [3.63, 3.8) is 0 Å². The zero-order chi connectivity index (χ0) is 15.6. The van der Waals surface area contributed by atoms with Crippen LogP contribution in [0.25, 0.3) is 0 Å². The van der Waals surface area contributed by atoms with E-state index in [4.69, 9.17) is 0 Å². The molecule has 0 saturated heterocycles. The Morgan fingerprint density at radius 2 is 1.73 bits per heavy atom. The Bertz CT molecular complexity index is 600. The Hall–Kier alpha value is -2.69. The molecule has 1 aromatic heterocycles. The van der Waals surface area contributed by atoms with Gasteiger partial charge in [-0.2, -0.15) is 0 Å². The molecule has 0 atom stereocenters. The first kappa shape index (κ1) is 15.7. The van der Waals surface area contributed by atoms with Crippen molar-refractivity contribution in [2.75, 3.05) is 13.1 Å². The number of benzene rings is 1. The minimum atomic E-state index is -0.134. The van der Waals surface area contributed by atoms with Crippen LogP contribution in [-0.2, 0) is 11.2 Å². The quantitative estimate of drug-likeness (QED) is 0.762. The van der Waals surface area contributed by atoms with E-state index in [1.54, 1.807) is 24.5 Å². The maximum atomic E-state index is 11.8. The highest BCUT2D eigenvalue weighted by atomic mass is 16.2. The van der Waals surface area contributed by atoms with Crippen LogP contribution in [0.3, 0.4) is 0 Å². The Balaban J connectivity index is 1.60. The van der Waals surface area contributed by atoms with Gasteiger partial charge >= 0.3 is 0 Å². The molecule has 0 fully saturated rings. The predicted molar refractivity (Wildman–Crippen MR) is 84.3 cm³/mol. The number of nitrogens with one attached hydrogen (secondary N) is 2. The van der Waals surface area contributed by atoms with Crippen LogP contribution in [0.2, 0.25) is 0 Å². The highest BCUT2D eigenvalue weighted by Gasteiger charge is 2.04. The summed E-state index contributed by atoms with van der Waals surface area (Å²) >= 11 is 0. The largest absolute Gasteiger partial charge is 0.354 e. The van der Waals surface area contributed by atoms with Gasteiger partial charge in [-0.1, -0.05) is 24.3 Å². The van der Waals surface area contributed by atoms with Crippen LogP contribution in [0.1, 0.15) is 22.3 Å². The van der Waals surface area contributed by atoms with Gasteiger partial charge in [0.1, 0.15) is 0 Å². The number of aromatic nitrogens is 1. The first-order valence-electron chi connectivity index (χ1n) is 7.24. The summed E-state index contributed by atoms with van der Waals surface area (Å²) in [5.41, 5.74) is 1.65. The van der Waals surface area contributed by atoms with Crippen molar-refractivity contribution in [3.8, 4) is 0 Å². The van der Waals surface area contributed by atoms with E-state index in [1.165, 1.54) is 0 Å². The fourth-order valence-corrected chi connectivity index (χ4v) is 1.96. The molecule has 2 N–H and O–H groups in total. The van der Waals surface area contributed by atoms with Crippen molar-refractivity contribution in [2.24, 2.45) is 0 Å². The van der Waals surface area contributed by atoms with Gasteiger partial charge in [0.05, 0.1) is 0 Å². The normalized spacial score (nSPS) is 10.0. The van der Waals surface area contributed by atoms with E-state index in [2.05, 4.69) is 15.6 Å². The fourth-order valence-electron chi connectivity index (χ4n) is 1.96. The molecule has 0 aliphatic carbocycles. The van der Waals surface area contributed by atoms with Gasteiger partial charge in [0.2, 0.25) is 5.91 Å². The Morgan fingerprint density at radius 1 is 0.955 bits per heavy atom. The summed E-state index contributed by atoms with van der Waals surface area (Å²) in [6, 6.07) is 12.8. The molecule has 0 unspecified atom stereocenters. The molecule has 114 valence electrons. The lowest BCUT2D eigenvalue weighted by Crippen LogP contribution is -2.34. The monoisotopic (exact) mass is 297 g/mol. The summed E-state index contributed by atoms with van der Waals surface area (Å²) < 4.78 is 0. The van der Waals surface area contributed by atoms with E-state index in [-0.39, 0.29) is 11.8 Å². The SMILES string of the molecule is O=C(CCc1cccnc1)NCCNC(=O)c1ccccc1. The molecule has 0 radical (unpaired) electrons. The third-order valence-corrected chi connectivity index (χ3v) is 3.13. The topological polar surface area (TPSA) is 71.1 Å². The predicted octanol–water partition coefficient (Wildman–Crippen LogP) is 1.56. The lowest BCUT2D eigenvalue weighted by atomic mass is 10.1. The van der Waals surface area contributed by atoms with E-state index in [0.29, 0.717) is 31.5 Å². The molecular weight excluding hydrogens is 278 g/mol. The second-order valence-electron chi connectivity index (χ2n) is 4.83. The number of rotatable bonds is 7. The van der Waals surface area contributed by atoms with E-state index in [1.807, 2.05) is 30.3 Å². The van der Waals surface area contributed by atoms with Gasteiger partial charge < -0.3 is 10.6 Å². The highest BCUT2D eigenvalue weighted by molar-refractivity contribution is 5.94. The molecule has 1 aromatic carbocycles. The van der Waals surface area contributed by atoms with E-state index < -0.39 is 0 Å². The third-order valence-electron chi connectivity index (χ3n) is 3.13. The molecule has 2 aromatic rings. The molecule has 0 aliphatic heterocycles. The lowest BCUT2D eigenvalue weighted by molar-refractivity contribution is -0.121. The standard InChI is InChI=1S/C17H19N3O2/c21-16(9-8-14-5-4-10-18-13-14)19-11-12-20-17(22)15-6-2-1-3-7-15/h1-7,10,13H,8-9,11-12H2,(H,19,21)(H,20,22). The van der Waals surface area contributed by atoms with Crippen LogP contribution in [0.15, 0.2) is 54.9 Å².